The summed E-state index contributed by atoms with van der Waals surface area (Å²) in [6, 6.07) is 0. The Morgan fingerprint density at radius 2 is 2.40 bits per heavy atom. The summed E-state index contributed by atoms with van der Waals surface area (Å²) in [5, 5.41) is 11.4. The fourth-order valence-corrected chi connectivity index (χ4v) is 3.23. The Bertz CT molecular complexity index is 510. The van der Waals surface area contributed by atoms with Crippen molar-refractivity contribution in [1.82, 2.24) is 9.38 Å². The molecule has 5 heteroatoms. The summed E-state index contributed by atoms with van der Waals surface area (Å²) in [6.45, 7) is 1.98. The van der Waals surface area contributed by atoms with Gasteiger partial charge in [-0.25, -0.2) is 4.98 Å². The summed E-state index contributed by atoms with van der Waals surface area (Å²) in [5.41, 5.74) is 7.93. The van der Waals surface area contributed by atoms with Crippen molar-refractivity contribution >= 4 is 16.3 Å². The first-order valence-electron chi connectivity index (χ1n) is 5.00. The zero-order valence-corrected chi connectivity index (χ0v) is 9.29. The average Bonchev–Trinajstić information content (AvgIpc) is 2.59. The molecule has 4 nitrogen and oxygen atoms in total. The van der Waals surface area contributed by atoms with Gasteiger partial charge in [0.2, 0.25) is 0 Å². The van der Waals surface area contributed by atoms with E-state index < -0.39 is 0 Å². The van der Waals surface area contributed by atoms with E-state index >= 15 is 0 Å². The predicted octanol–water partition coefficient (Wildman–Crippen LogP) is 1.01. The average molecular weight is 223 g/mol. The zero-order chi connectivity index (χ0) is 10.6. The number of aliphatic hydroxyl groups is 1. The van der Waals surface area contributed by atoms with Crippen LogP contribution in [0.4, 0.5) is 0 Å². The van der Waals surface area contributed by atoms with Gasteiger partial charge in [0.25, 0.3) is 0 Å². The summed E-state index contributed by atoms with van der Waals surface area (Å²) in [5.74, 6) is 0. The van der Waals surface area contributed by atoms with Gasteiger partial charge in [-0.3, -0.25) is 4.40 Å². The van der Waals surface area contributed by atoms with Crippen LogP contribution in [0.1, 0.15) is 24.2 Å². The highest BCUT2D eigenvalue weighted by molar-refractivity contribution is 7.15. The highest BCUT2D eigenvalue weighted by atomic mass is 32.1. The SMILES string of the molecule is Cc1nc2sccn2c1C1(N)CC(O)C1. The van der Waals surface area contributed by atoms with Crippen LogP contribution in [-0.2, 0) is 5.54 Å². The van der Waals surface area contributed by atoms with Crippen molar-refractivity contribution < 1.29 is 5.11 Å². The van der Waals surface area contributed by atoms with Crippen molar-refractivity contribution in [2.45, 2.75) is 31.4 Å². The number of hydrogen-bond acceptors (Lipinski definition) is 4. The van der Waals surface area contributed by atoms with Crippen LogP contribution in [0, 0.1) is 6.92 Å². The molecule has 1 aliphatic carbocycles. The highest BCUT2D eigenvalue weighted by Crippen LogP contribution is 2.40. The van der Waals surface area contributed by atoms with Gasteiger partial charge in [0.05, 0.1) is 23.0 Å². The molecule has 2 aromatic heterocycles. The molecule has 0 unspecified atom stereocenters. The number of thiazole rings is 1. The predicted molar refractivity (Wildman–Crippen MR) is 58.9 cm³/mol. The lowest BCUT2D eigenvalue weighted by atomic mass is 9.72. The molecule has 3 rings (SSSR count). The summed E-state index contributed by atoms with van der Waals surface area (Å²) in [6.07, 6.45) is 3.02. The summed E-state index contributed by atoms with van der Waals surface area (Å²) in [7, 11) is 0. The van der Waals surface area contributed by atoms with E-state index in [4.69, 9.17) is 5.73 Å². The molecule has 0 atom stereocenters. The molecule has 2 heterocycles. The Morgan fingerprint density at radius 1 is 1.67 bits per heavy atom. The third-order valence-corrected chi connectivity index (χ3v) is 3.86. The van der Waals surface area contributed by atoms with Crippen LogP contribution >= 0.6 is 11.3 Å². The number of aliphatic hydroxyl groups excluding tert-OH is 1. The third-order valence-electron chi connectivity index (χ3n) is 3.11. The van der Waals surface area contributed by atoms with Crippen LogP contribution in [-0.4, -0.2) is 20.6 Å². The van der Waals surface area contributed by atoms with Crippen molar-refractivity contribution in [3.8, 4) is 0 Å². The normalized spacial score (nSPS) is 30.7. The number of aryl methyl sites for hydroxylation is 1. The minimum absolute atomic E-state index is 0.251. The van der Waals surface area contributed by atoms with Crippen LogP contribution in [0.15, 0.2) is 11.6 Å². The first-order chi connectivity index (χ1) is 7.10. The van der Waals surface area contributed by atoms with Crippen LogP contribution < -0.4 is 5.73 Å². The quantitative estimate of drug-likeness (QED) is 0.758. The standard InChI is InChI=1S/C10H13N3OS/c1-6-8(10(11)4-7(14)5-10)13-2-3-15-9(13)12-6/h2-3,7,14H,4-5,11H2,1H3. The number of aromatic nitrogens is 2. The second-order valence-electron chi connectivity index (χ2n) is 4.32. The van der Waals surface area contributed by atoms with E-state index in [1.54, 1.807) is 11.3 Å². The van der Waals surface area contributed by atoms with E-state index in [1.807, 2.05) is 22.9 Å². The van der Waals surface area contributed by atoms with Crippen LogP contribution in [0.2, 0.25) is 0 Å². The molecule has 1 aliphatic rings. The Hall–Kier alpha value is -0.910. The minimum atomic E-state index is -0.385. The van der Waals surface area contributed by atoms with Gasteiger partial charge in [0.1, 0.15) is 0 Å². The molecule has 1 fully saturated rings. The molecule has 0 amide bonds. The lowest BCUT2D eigenvalue weighted by molar-refractivity contribution is 0.0181. The molecule has 80 valence electrons. The first kappa shape index (κ1) is 9.33. The molecular weight excluding hydrogens is 210 g/mol. The number of nitrogens with zero attached hydrogens (tertiary/aromatic N) is 2. The maximum atomic E-state index is 9.39. The second-order valence-corrected chi connectivity index (χ2v) is 5.19. The van der Waals surface area contributed by atoms with E-state index in [2.05, 4.69) is 4.98 Å². The maximum Gasteiger partial charge on any atom is 0.194 e. The van der Waals surface area contributed by atoms with E-state index in [1.165, 1.54) is 0 Å². The van der Waals surface area contributed by atoms with Gasteiger partial charge in [-0.05, 0) is 19.8 Å². The molecule has 0 radical (unpaired) electrons. The zero-order valence-electron chi connectivity index (χ0n) is 8.47. The van der Waals surface area contributed by atoms with Gasteiger partial charge in [-0.2, -0.15) is 0 Å². The molecule has 15 heavy (non-hydrogen) atoms. The Kier molecular flexibility index (Phi) is 1.75. The smallest absolute Gasteiger partial charge is 0.194 e. The van der Waals surface area contributed by atoms with Crippen LogP contribution in [0.25, 0.3) is 4.96 Å². The minimum Gasteiger partial charge on any atom is -0.393 e. The first-order valence-corrected chi connectivity index (χ1v) is 5.88. The molecule has 2 aromatic rings. The molecule has 1 saturated carbocycles. The molecule has 0 spiro atoms. The van der Waals surface area contributed by atoms with Gasteiger partial charge in [-0.15, -0.1) is 11.3 Å². The molecule has 0 saturated heterocycles. The number of fused-ring (bicyclic) bond motifs is 1. The molecule has 0 aromatic carbocycles. The topological polar surface area (TPSA) is 63.5 Å². The fraction of sp³-hybridized carbons (Fsp3) is 0.500. The van der Waals surface area contributed by atoms with E-state index in [0.29, 0.717) is 12.8 Å². The van der Waals surface area contributed by atoms with Crippen molar-refractivity contribution in [3.05, 3.63) is 23.0 Å². The Morgan fingerprint density at radius 3 is 3.07 bits per heavy atom. The van der Waals surface area contributed by atoms with Gasteiger partial charge >= 0.3 is 0 Å². The van der Waals surface area contributed by atoms with Crippen LogP contribution in [0.5, 0.6) is 0 Å². The number of imidazole rings is 1. The van der Waals surface area contributed by atoms with Crippen molar-refractivity contribution in [2.75, 3.05) is 0 Å². The van der Waals surface area contributed by atoms with Gasteiger partial charge in [-0.1, -0.05) is 0 Å². The number of nitrogens with two attached hydrogens (primary N) is 1. The summed E-state index contributed by atoms with van der Waals surface area (Å²) < 4.78 is 2.05. The highest BCUT2D eigenvalue weighted by Gasteiger charge is 2.44. The van der Waals surface area contributed by atoms with Crippen molar-refractivity contribution in [2.24, 2.45) is 5.73 Å². The second kappa shape index (κ2) is 2.81. The van der Waals surface area contributed by atoms with E-state index in [9.17, 15) is 5.11 Å². The Balaban J connectivity index is 2.17. The number of rotatable bonds is 1. The third kappa shape index (κ3) is 1.17. The molecule has 3 N–H and O–H groups in total. The Labute approximate surface area is 91.4 Å². The van der Waals surface area contributed by atoms with E-state index in [0.717, 1.165) is 16.3 Å². The number of hydrogen-bond donors (Lipinski definition) is 2. The maximum absolute atomic E-state index is 9.39. The fourth-order valence-electron chi connectivity index (χ4n) is 2.47. The van der Waals surface area contributed by atoms with Crippen molar-refractivity contribution in [3.63, 3.8) is 0 Å². The molecule has 0 bridgehead atoms. The summed E-state index contributed by atoms with van der Waals surface area (Å²) >= 11 is 1.61. The van der Waals surface area contributed by atoms with Crippen molar-refractivity contribution in [1.29, 1.82) is 0 Å². The largest absolute Gasteiger partial charge is 0.393 e. The van der Waals surface area contributed by atoms with Gasteiger partial charge < -0.3 is 10.8 Å². The monoisotopic (exact) mass is 223 g/mol. The lowest BCUT2D eigenvalue weighted by Crippen LogP contribution is -2.52. The van der Waals surface area contributed by atoms with Gasteiger partial charge in [0.15, 0.2) is 4.96 Å². The van der Waals surface area contributed by atoms with Crippen LogP contribution in [0.3, 0.4) is 0 Å². The molecule has 0 aliphatic heterocycles. The van der Waals surface area contributed by atoms with Gasteiger partial charge in [0, 0.05) is 11.6 Å². The molecular formula is C10H13N3OS. The lowest BCUT2D eigenvalue weighted by Gasteiger charge is -2.42. The van der Waals surface area contributed by atoms with E-state index in [-0.39, 0.29) is 11.6 Å². The summed E-state index contributed by atoms with van der Waals surface area (Å²) in [4.78, 5) is 5.45.